The van der Waals surface area contributed by atoms with Crippen LogP contribution in [0.4, 0.5) is 0 Å². The molecule has 0 aromatic carbocycles. The summed E-state index contributed by atoms with van der Waals surface area (Å²) in [6.07, 6.45) is 7.62. The Hall–Kier alpha value is -1.84. The van der Waals surface area contributed by atoms with Gasteiger partial charge in [0.05, 0.1) is 11.7 Å². The number of hydrogen-bond acceptors (Lipinski definition) is 3. The Morgan fingerprint density at radius 1 is 1.43 bits per heavy atom. The summed E-state index contributed by atoms with van der Waals surface area (Å²) in [6, 6.07) is 1.51. The molecule has 2 N–H and O–H groups in total. The molecular weight excluding hydrogens is 178 g/mol. The van der Waals surface area contributed by atoms with E-state index in [1.807, 2.05) is 24.4 Å². The Morgan fingerprint density at radius 2 is 2.29 bits per heavy atom. The number of hydrogen-bond donors (Lipinski definition) is 2. The zero-order valence-corrected chi connectivity index (χ0v) is 7.82. The third kappa shape index (κ3) is 1.74. The molecule has 0 saturated carbocycles. The molecule has 1 atom stereocenters. The molecule has 0 saturated heterocycles. The van der Waals surface area contributed by atoms with Crippen LogP contribution in [0, 0.1) is 6.92 Å². The second-order valence-electron chi connectivity index (χ2n) is 3.14. The molecule has 0 aliphatic carbocycles. The summed E-state index contributed by atoms with van der Waals surface area (Å²) in [5.74, 6) is 0.636. The molecule has 0 spiro atoms. The van der Waals surface area contributed by atoms with Crippen LogP contribution in [0.1, 0.15) is 17.6 Å². The van der Waals surface area contributed by atoms with Gasteiger partial charge in [-0.15, -0.1) is 0 Å². The zero-order chi connectivity index (χ0) is 9.97. The standard InChI is InChI=1S/C10H11N3O/c1-7-12-9(6-10(14)13-7)8-4-2-3-5-11-8/h2-6,8,11H,1H3,(H,12,13,14). The van der Waals surface area contributed by atoms with E-state index in [4.69, 9.17) is 0 Å². The van der Waals surface area contributed by atoms with E-state index in [-0.39, 0.29) is 11.6 Å². The molecule has 1 aromatic heterocycles. The number of aromatic nitrogens is 2. The molecule has 2 rings (SSSR count). The monoisotopic (exact) mass is 189 g/mol. The van der Waals surface area contributed by atoms with Crippen molar-refractivity contribution in [2.75, 3.05) is 0 Å². The fraction of sp³-hybridized carbons (Fsp3) is 0.200. The fourth-order valence-corrected chi connectivity index (χ4v) is 1.39. The first-order valence-corrected chi connectivity index (χ1v) is 4.43. The first kappa shape index (κ1) is 8.74. The Bertz CT molecular complexity index is 445. The maximum atomic E-state index is 11.2. The minimum atomic E-state index is -0.114. The minimum Gasteiger partial charge on any atom is -0.379 e. The average Bonchev–Trinajstić information content (AvgIpc) is 2.18. The highest BCUT2D eigenvalue weighted by atomic mass is 16.1. The van der Waals surface area contributed by atoms with Crippen molar-refractivity contribution in [3.8, 4) is 0 Å². The van der Waals surface area contributed by atoms with Crippen molar-refractivity contribution < 1.29 is 0 Å². The van der Waals surface area contributed by atoms with Crippen molar-refractivity contribution in [2.24, 2.45) is 0 Å². The van der Waals surface area contributed by atoms with E-state index in [2.05, 4.69) is 15.3 Å². The third-order valence-electron chi connectivity index (χ3n) is 1.99. The lowest BCUT2D eigenvalue weighted by molar-refractivity contribution is 0.709. The van der Waals surface area contributed by atoms with Gasteiger partial charge in [0.2, 0.25) is 0 Å². The van der Waals surface area contributed by atoms with E-state index < -0.39 is 0 Å². The summed E-state index contributed by atoms with van der Waals surface area (Å²) in [5.41, 5.74) is 0.629. The molecule has 2 heterocycles. The second kappa shape index (κ2) is 3.49. The van der Waals surface area contributed by atoms with Gasteiger partial charge in [-0.3, -0.25) is 4.79 Å². The van der Waals surface area contributed by atoms with Gasteiger partial charge >= 0.3 is 0 Å². The Morgan fingerprint density at radius 3 is 2.93 bits per heavy atom. The van der Waals surface area contributed by atoms with E-state index in [0.717, 1.165) is 5.69 Å². The van der Waals surface area contributed by atoms with E-state index in [1.54, 1.807) is 6.92 Å². The van der Waals surface area contributed by atoms with Crippen LogP contribution in [-0.2, 0) is 0 Å². The molecule has 0 radical (unpaired) electrons. The van der Waals surface area contributed by atoms with E-state index in [1.165, 1.54) is 6.07 Å². The van der Waals surface area contributed by atoms with Gasteiger partial charge < -0.3 is 10.3 Å². The van der Waals surface area contributed by atoms with Gasteiger partial charge in [0.1, 0.15) is 5.82 Å². The molecular formula is C10H11N3O. The molecule has 1 aliphatic rings. The molecule has 1 aliphatic heterocycles. The highest BCUT2D eigenvalue weighted by Gasteiger charge is 2.09. The van der Waals surface area contributed by atoms with Crippen LogP contribution in [-0.4, -0.2) is 9.97 Å². The number of rotatable bonds is 1. The summed E-state index contributed by atoms with van der Waals surface area (Å²) in [4.78, 5) is 18.1. The van der Waals surface area contributed by atoms with Gasteiger partial charge in [-0.05, 0) is 19.2 Å². The fourth-order valence-electron chi connectivity index (χ4n) is 1.39. The maximum Gasteiger partial charge on any atom is 0.251 e. The van der Waals surface area contributed by atoms with Crippen LogP contribution in [0.15, 0.2) is 35.3 Å². The number of aryl methyl sites for hydroxylation is 1. The lowest BCUT2D eigenvalue weighted by atomic mass is 10.1. The number of nitrogens with zero attached hydrogens (tertiary/aromatic N) is 1. The van der Waals surface area contributed by atoms with E-state index in [9.17, 15) is 4.79 Å². The Balaban J connectivity index is 2.36. The molecule has 0 amide bonds. The topological polar surface area (TPSA) is 57.8 Å². The normalized spacial score (nSPS) is 19.4. The quantitative estimate of drug-likeness (QED) is 0.686. The SMILES string of the molecule is Cc1nc(C2C=CC=CN2)cc(=O)[nH]1. The van der Waals surface area contributed by atoms with Crippen molar-refractivity contribution in [3.05, 3.63) is 52.4 Å². The number of nitrogens with one attached hydrogen (secondary N) is 2. The second-order valence-corrected chi connectivity index (χ2v) is 3.14. The highest BCUT2D eigenvalue weighted by Crippen LogP contribution is 2.12. The lowest BCUT2D eigenvalue weighted by Crippen LogP contribution is -2.20. The number of H-pyrrole nitrogens is 1. The summed E-state index contributed by atoms with van der Waals surface area (Å²) >= 11 is 0. The van der Waals surface area contributed by atoms with Crippen molar-refractivity contribution in [3.63, 3.8) is 0 Å². The molecule has 14 heavy (non-hydrogen) atoms. The molecule has 1 aromatic rings. The predicted octanol–water partition coefficient (Wildman–Crippen LogP) is 0.793. The average molecular weight is 189 g/mol. The lowest BCUT2D eigenvalue weighted by Gasteiger charge is -2.14. The molecule has 0 fully saturated rings. The van der Waals surface area contributed by atoms with Crippen LogP contribution >= 0.6 is 0 Å². The summed E-state index contributed by atoms with van der Waals surface area (Å²) in [5, 5.41) is 3.11. The van der Waals surface area contributed by atoms with Gasteiger partial charge in [-0.2, -0.15) is 0 Å². The van der Waals surface area contributed by atoms with Crippen molar-refractivity contribution in [1.82, 2.24) is 15.3 Å². The number of allylic oxidation sites excluding steroid dienone is 2. The first-order chi connectivity index (χ1) is 6.75. The van der Waals surface area contributed by atoms with Crippen LogP contribution < -0.4 is 10.9 Å². The largest absolute Gasteiger partial charge is 0.379 e. The van der Waals surface area contributed by atoms with Crippen LogP contribution in [0.5, 0.6) is 0 Å². The van der Waals surface area contributed by atoms with Crippen molar-refractivity contribution in [2.45, 2.75) is 13.0 Å². The molecule has 1 unspecified atom stereocenters. The number of aromatic amines is 1. The van der Waals surface area contributed by atoms with Gasteiger partial charge in [0.15, 0.2) is 0 Å². The van der Waals surface area contributed by atoms with Crippen molar-refractivity contribution in [1.29, 1.82) is 0 Å². The molecule has 72 valence electrons. The predicted molar refractivity (Wildman–Crippen MR) is 53.8 cm³/mol. The summed E-state index contributed by atoms with van der Waals surface area (Å²) in [7, 11) is 0. The van der Waals surface area contributed by atoms with E-state index in [0.29, 0.717) is 5.82 Å². The summed E-state index contributed by atoms with van der Waals surface area (Å²) < 4.78 is 0. The molecule has 4 heteroatoms. The summed E-state index contributed by atoms with van der Waals surface area (Å²) in [6.45, 7) is 1.77. The highest BCUT2D eigenvalue weighted by molar-refractivity contribution is 5.21. The maximum absolute atomic E-state index is 11.2. The first-order valence-electron chi connectivity index (χ1n) is 4.43. The molecule has 0 bridgehead atoms. The van der Waals surface area contributed by atoms with Gasteiger partial charge in [0.25, 0.3) is 5.56 Å². The number of dihydropyridines is 1. The molecule has 4 nitrogen and oxygen atoms in total. The van der Waals surface area contributed by atoms with E-state index >= 15 is 0 Å². The smallest absolute Gasteiger partial charge is 0.251 e. The van der Waals surface area contributed by atoms with Gasteiger partial charge in [-0.25, -0.2) is 4.98 Å². The minimum absolute atomic E-state index is 0.000926. The van der Waals surface area contributed by atoms with Crippen molar-refractivity contribution >= 4 is 0 Å². The zero-order valence-electron chi connectivity index (χ0n) is 7.82. The third-order valence-corrected chi connectivity index (χ3v) is 1.99. The Labute approximate surface area is 81.4 Å². The van der Waals surface area contributed by atoms with Crippen LogP contribution in [0.25, 0.3) is 0 Å². The Kier molecular flexibility index (Phi) is 2.18. The van der Waals surface area contributed by atoms with Crippen LogP contribution in [0.2, 0.25) is 0 Å². The van der Waals surface area contributed by atoms with Crippen LogP contribution in [0.3, 0.4) is 0 Å². The van der Waals surface area contributed by atoms with Gasteiger partial charge in [-0.1, -0.05) is 12.2 Å². The van der Waals surface area contributed by atoms with Gasteiger partial charge in [0, 0.05) is 6.07 Å².